The minimum absolute atomic E-state index is 0.0556. The maximum atomic E-state index is 13.3. The zero-order valence-electron chi connectivity index (χ0n) is 81.4. The highest BCUT2D eigenvalue weighted by atomic mass is 19.4. The third-order valence-electron chi connectivity index (χ3n) is 30.4. The molecule has 133 heavy (non-hydrogen) atoms. The molecular formula is C95H145F6NO31. The second-order valence-corrected chi connectivity index (χ2v) is 43.4. The van der Waals surface area contributed by atoms with Crippen molar-refractivity contribution in [3.8, 4) is 6.07 Å². The van der Waals surface area contributed by atoms with Gasteiger partial charge in [0.1, 0.15) is 30.0 Å². The predicted molar refractivity (Wildman–Crippen MR) is 453 cm³/mol. The van der Waals surface area contributed by atoms with Crippen molar-refractivity contribution in [1.29, 1.82) is 5.26 Å². The maximum Gasteiger partial charge on any atom is 0.417 e. The van der Waals surface area contributed by atoms with Crippen molar-refractivity contribution >= 4 is 53.7 Å². The number of carbonyl (C=O) groups excluding carboxylic acids is 9. The SMILES string of the molecule is CCC(C)(C)C(=O)OC1CC(C(C)(O)C(F)(F)F)CC(C(C)(O)C(F)(F)F)C1.CCC(C)(C)C(=O)O[C@@H]1C(=O)O[C@@H]2[C@H]3OC(C)(C)O[C@H]3O[C@@H]21.CCC(C)(C)C(=O)O[C@@H]1C(=O)O[C@@H]2[C@H]3OC(C)(C)O[C@H]3O[C@@H]21.CCC(C)(C)C(=O)O[C@@H]1C(=O)O[C@@H]2[C@H]3OC4(CCCCC4)O[C@H]3O[C@@H]21.CCC(C)C(=O)OC.CCC(C)C(=O)OC12CC3CC(O)(CC(O)(C3)C1)C2.N#CC1CC2CCC1C2. The van der Waals surface area contributed by atoms with Crippen LogP contribution in [0, 0.1) is 80.3 Å². The Hall–Kier alpha value is -6.22. The number of aliphatic hydroxyl groups is 4. The van der Waals surface area contributed by atoms with Crippen LogP contribution >= 0.6 is 0 Å². The molecule has 8 saturated carbocycles. The third-order valence-corrected chi connectivity index (χ3v) is 30.4. The Bertz CT molecular complexity index is 4030. The van der Waals surface area contributed by atoms with Gasteiger partial charge in [-0.1, -0.05) is 68.2 Å². The van der Waals surface area contributed by atoms with E-state index in [1.807, 2.05) is 48.5 Å². The fourth-order valence-corrected chi connectivity index (χ4v) is 20.2. The minimum Gasteiger partial charge on any atom is -0.469 e. The van der Waals surface area contributed by atoms with Gasteiger partial charge in [0.2, 0.25) is 18.3 Å². The van der Waals surface area contributed by atoms with Gasteiger partial charge in [0, 0.05) is 49.9 Å². The van der Waals surface area contributed by atoms with E-state index in [0.717, 1.165) is 69.6 Å². The highest BCUT2D eigenvalue weighted by molar-refractivity contribution is 5.86. The van der Waals surface area contributed by atoms with Crippen molar-refractivity contribution in [2.45, 2.75) is 462 Å². The molecule has 17 fully saturated rings. The van der Waals surface area contributed by atoms with Crippen LogP contribution in [0.1, 0.15) is 306 Å². The summed E-state index contributed by atoms with van der Waals surface area (Å²) in [5.41, 5.74) is -11.8. The molecule has 0 aromatic carbocycles. The molecule has 758 valence electrons. The Balaban J connectivity index is 0.000000165. The molecule has 0 aromatic rings. The first-order valence-electron chi connectivity index (χ1n) is 47.5. The molecule has 11 unspecified atom stereocenters. The van der Waals surface area contributed by atoms with E-state index in [2.05, 4.69) is 10.8 Å². The van der Waals surface area contributed by atoms with Crippen molar-refractivity contribution in [3.05, 3.63) is 0 Å². The van der Waals surface area contributed by atoms with Crippen molar-refractivity contribution in [3.63, 3.8) is 0 Å². The number of nitrogens with zero attached hydrogens (tertiary/aromatic N) is 1. The Labute approximate surface area is 775 Å². The van der Waals surface area contributed by atoms with E-state index in [-0.39, 0.29) is 29.7 Å². The summed E-state index contributed by atoms with van der Waals surface area (Å²) in [6.07, 6.45) is -5.56. The van der Waals surface area contributed by atoms with Gasteiger partial charge in [-0.3, -0.25) is 28.8 Å². The minimum atomic E-state index is -5.10. The molecule has 32 nitrogen and oxygen atoms in total. The molecule has 9 saturated heterocycles. The van der Waals surface area contributed by atoms with Crippen molar-refractivity contribution in [1.82, 2.24) is 0 Å². The van der Waals surface area contributed by atoms with E-state index in [0.29, 0.717) is 64.7 Å². The Morgan fingerprint density at radius 2 is 0.827 bits per heavy atom. The van der Waals surface area contributed by atoms with Crippen LogP contribution < -0.4 is 0 Å². The molecule has 6 bridgehead atoms. The normalized spacial score (nSPS) is 37.5. The van der Waals surface area contributed by atoms with Gasteiger partial charge in [0.15, 0.2) is 84.1 Å². The summed E-state index contributed by atoms with van der Waals surface area (Å²) in [5.74, 6) is -7.28. The number of nitriles is 1. The quantitative estimate of drug-likeness (QED) is 0.0530. The van der Waals surface area contributed by atoms with Crippen LogP contribution in [-0.2, 0) is 128 Å². The average molecular weight is 1910 g/mol. The molecule has 17 aliphatic rings. The van der Waals surface area contributed by atoms with Gasteiger partial charge in [-0.2, -0.15) is 31.6 Å². The Kier molecular flexibility index (Phi) is 33.2. The number of rotatable bonds is 19. The lowest BCUT2D eigenvalue weighted by Gasteiger charge is -2.62. The van der Waals surface area contributed by atoms with E-state index in [1.165, 1.54) is 39.2 Å². The number of fused-ring (bicyclic) bond motifs is 11. The largest absolute Gasteiger partial charge is 0.469 e. The molecule has 0 radical (unpaired) electrons. The first-order valence-corrected chi connectivity index (χ1v) is 47.5. The molecule has 4 N–H and O–H groups in total. The van der Waals surface area contributed by atoms with E-state index < -0.39 is 250 Å². The lowest BCUT2D eigenvalue weighted by molar-refractivity contribution is -0.299. The second kappa shape index (κ2) is 40.5. The summed E-state index contributed by atoms with van der Waals surface area (Å²) >= 11 is 0. The number of methoxy groups -OCH3 is 1. The maximum absolute atomic E-state index is 13.3. The summed E-state index contributed by atoms with van der Waals surface area (Å²) < 4.78 is 179. The lowest BCUT2D eigenvalue weighted by atomic mass is 9.50. The number of hydrogen-bond donors (Lipinski definition) is 4. The number of alkyl halides is 6. The first kappa shape index (κ1) is 109. The molecule has 9 aliphatic heterocycles. The first-order chi connectivity index (χ1) is 61.3. The summed E-state index contributed by atoms with van der Waals surface area (Å²) in [5, 5.41) is 49.8. The van der Waals surface area contributed by atoms with Crippen LogP contribution in [0.3, 0.4) is 0 Å². The number of hydrogen-bond acceptors (Lipinski definition) is 32. The Morgan fingerprint density at radius 3 is 1.14 bits per heavy atom. The summed E-state index contributed by atoms with van der Waals surface area (Å²) in [7, 11) is 1.41. The van der Waals surface area contributed by atoms with Crippen molar-refractivity contribution < 1.29 is 175 Å². The standard InChI is InChI=1S/C18H28F6O4.C18H26O7.2C15H22O7.C15H24O4.C8H11N.C6H12O2/c1-6-14(2,3)13(25)28-12-8-10(15(4,26)17(19,20)21)7-11(9-12)16(5,27)18(22,23)24;1-4-17(2,3)16(20)23-12-10-11(21-14(12)19)13-15(22-10)25-18(24-13)8-6-5-7-9-18;2*1-6-14(2,3)13(17)20-9-7-8(18-11(9)16)10-12(19-7)22-15(4,5)21-10;1-3-10(2)12(16)19-15-6-11-4-13(17,8-15)7-14(18,5-11)9-15;9-5-8-4-6-1-2-7(8)3-6;1-4-5(2)6(7)8-3/h10-12,26-27H,6-9H2,1-5H3;10-13,15H,4-9H2,1-3H3;2*7-10,12H,6H2,1-5H3;10-11,17-18H,3-9H2,1-2H3;6-8H,1-4H2;5H,4H2,1-3H3/t;10-,11-,12-,13+,15+;2*7-,8-,9-,10+,12+;;;/m.000.../s1. The van der Waals surface area contributed by atoms with Gasteiger partial charge in [-0.25, -0.2) is 14.4 Å². The molecule has 38 heteroatoms. The van der Waals surface area contributed by atoms with E-state index in [9.17, 15) is 89.9 Å². The highest BCUT2D eigenvalue weighted by Gasteiger charge is 2.71. The fourth-order valence-electron chi connectivity index (χ4n) is 20.2. The lowest BCUT2D eigenvalue weighted by Crippen LogP contribution is -2.67. The molecular weight excluding hydrogens is 1770 g/mol. The average Bonchev–Trinajstić information content (AvgIpc) is 1.77. The smallest absolute Gasteiger partial charge is 0.417 e. The molecule has 1 spiro atoms. The van der Waals surface area contributed by atoms with Crippen LogP contribution in [0.15, 0.2) is 0 Å². The zero-order chi connectivity index (χ0) is 99.5. The van der Waals surface area contributed by atoms with Crippen LogP contribution in [0.5, 0.6) is 0 Å². The van der Waals surface area contributed by atoms with Crippen molar-refractivity contribution in [2.24, 2.45) is 69.0 Å². The highest BCUT2D eigenvalue weighted by Crippen LogP contribution is 2.62. The number of halogens is 6. The summed E-state index contributed by atoms with van der Waals surface area (Å²) in [4.78, 5) is 108. The van der Waals surface area contributed by atoms with Gasteiger partial charge in [-0.05, 0) is 224 Å². The van der Waals surface area contributed by atoms with Crippen LogP contribution in [-0.4, -0.2) is 237 Å². The second-order valence-electron chi connectivity index (χ2n) is 43.4. The summed E-state index contributed by atoms with van der Waals surface area (Å²) in [6.45, 7) is 36.8. The van der Waals surface area contributed by atoms with Crippen LogP contribution in [0.4, 0.5) is 26.3 Å². The zero-order valence-corrected chi connectivity index (χ0v) is 81.4. The van der Waals surface area contributed by atoms with E-state index in [4.69, 9.17) is 85.8 Å². The fraction of sp³-hybridized carbons (Fsp3) is 0.895. The van der Waals surface area contributed by atoms with Crippen molar-refractivity contribution in [2.75, 3.05) is 7.11 Å². The molecule has 17 rings (SSSR count). The van der Waals surface area contributed by atoms with E-state index in [1.54, 1.807) is 90.0 Å². The van der Waals surface area contributed by atoms with Crippen LogP contribution in [0.25, 0.3) is 0 Å². The molecule has 8 aliphatic carbocycles. The van der Waals surface area contributed by atoms with E-state index >= 15 is 0 Å². The molecule has 26 atom stereocenters. The number of esters is 9. The predicted octanol–water partition coefficient (Wildman–Crippen LogP) is 13.6. The van der Waals surface area contributed by atoms with Gasteiger partial charge in [-0.15, -0.1) is 0 Å². The third kappa shape index (κ3) is 24.1. The molecule has 9 heterocycles. The van der Waals surface area contributed by atoms with Gasteiger partial charge in [0.25, 0.3) is 0 Å². The Morgan fingerprint density at radius 1 is 0.459 bits per heavy atom. The summed E-state index contributed by atoms with van der Waals surface area (Å²) in [6, 6.07) is 2.40. The van der Waals surface area contributed by atoms with Gasteiger partial charge < -0.3 is 106 Å². The number of ether oxygens (including phenoxy) is 18. The topological polar surface area (TPSA) is 424 Å². The monoisotopic (exact) mass is 1910 g/mol. The molecule has 0 aromatic heterocycles. The van der Waals surface area contributed by atoms with Gasteiger partial charge >= 0.3 is 66.1 Å². The molecule has 0 amide bonds. The van der Waals surface area contributed by atoms with Gasteiger partial charge in [0.05, 0.1) is 57.9 Å². The number of carbonyl (C=O) groups is 9. The van der Waals surface area contributed by atoms with Crippen LogP contribution in [0.2, 0.25) is 0 Å².